The number of rotatable bonds is 8. The first kappa shape index (κ1) is 22.9. The van der Waals surface area contributed by atoms with E-state index in [0.29, 0.717) is 30.1 Å². The Morgan fingerprint density at radius 3 is 2.52 bits per heavy atom. The zero-order chi connectivity index (χ0) is 23.5. The van der Waals surface area contributed by atoms with Gasteiger partial charge in [-0.25, -0.2) is 4.98 Å². The van der Waals surface area contributed by atoms with E-state index >= 15 is 0 Å². The minimum absolute atomic E-state index is 0.109. The summed E-state index contributed by atoms with van der Waals surface area (Å²) in [6, 6.07) is 16.6. The highest BCUT2D eigenvalue weighted by molar-refractivity contribution is 7.17. The van der Waals surface area contributed by atoms with Gasteiger partial charge in [-0.15, -0.1) is 11.3 Å². The van der Waals surface area contributed by atoms with E-state index in [1.165, 1.54) is 11.3 Å². The predicted molar refractivity (Wildman–Crippen MR) is 128 cm³/mol. The van der Waals surface area contributed by atoms with Crippen LogP contribution in [-0.2, 0) is 9.53 Å². The van der Waals surface area contributed by atoms with Crippen molar-refractivity contribution in [3.63, 3.8) is 0 Å². The lowest BCUT2D eigenvalue weighted by molar-refractivity contribution is -0.129. The molecule has 0 spiro atoms. The largest absolute Gasteiger partial charge is 0.503 e. The molecule has 7 heteroatoms. The van der Waals surface area contributed by atoms with Crippen molar-refractivity contribution in [3.05, 3.63) is 87.6 Å². The molecular formula is C26H26N2O4S. The minimum Gasteiger partial charge on any atom is -0.503 e. The molecule has 3 aromatic rings. The van der Waals surface area contributed by atoms with Gasteiger partial charge in [0.1, 0.15) is 5.01 Å². The lowest BCUT2D eigenvalue weighted by atomic mass is 9.92. The predicted octanol–water partition coefficient (Wildman–Crippen LogP) is 5.04. The van der Waals surface area contributed by atoms with Crippen LogP contribution in [-0.4, -0.2) is 46.9 Å². The summed E-state index contributed by atoms with van der Waals surface area (Å²) in [4.78, 5) is 33.4. The number of ether oxygens (including phenoxy) is 1. The van der Waals surface area contributed by atoms with E-state index in [4.69, 9.17) is 4.74 Å². The SMILES string of the molecule is COCCCN1C(=O)C(O)=C(C(=O)c2sc(-c3ccccc3)nc2C)C1c1ccccc1C. The molecule has 1 aliphatic heterocycles. The van der Waals surface area contributed by atoms with E-state index in [1.54, 1.807) is 18.9 Å². The van der Waals surface area contributed by atoms with Gasteiger partial charge in [-0.3, -0.25) is 9.59 Å². The van der Waals surface area contributed by atoms with Crippen LogP contribution in [0.3, 0.4) is 0 Å². The summed E-state index contributed by atoms with van der Waals surface area (Å²) >= 11 is 1.28. The lowest BCUT2D eigenvalue weighted by Gasteiger charge is -2.27. The summed E-state index contributed by atoms with van der Waals surface area (Å²) in [6.45, 7) is 4.56. The smallest absolute Gasteiger partial charge is 0.290 e. The van der Waals surface area contributed by atoms with E-state index in [1.807, 2.05) is 61.5 Å². The van der Waals surface area contributed by atoms with Crippen LogP contribution in [0.25, 0.3) is 10.6 Å². The van der Waals surface area contributed by atoms with Crippen molar-refractivity contribution in [1.29, 1.82) is 0 Å². The van der Waals surface area contributed by atoms with Gasteiger partial charge >= 0.3 is 0 Å². The second kappa shape index (κ2) is 9.68. The normalized spacial score (nSPS) is 16.0. The second-order valence-electron chi connectivity index (χ2n) is 8.00. The number of aliphatic hydroxyl groups is 1. The Hall–Kier alpha value is -3.29. The molecular weight excluding hydrogens is 436 g/mol. The molecule has 0 saturated carbocycles. The monoisotopic (exact) mass is 462 g/mol. The molecule has 0 aliphatic carbocycles. The molecule has 1 aromatic heterocycles. The van der Waals surface area contributed by atoms with Gasteiger partial charge in [0.15, 0.2) is 5.76 Å². The average Bonchev–Trinajstić information content (AvgIpc) is 3.33. The molecule has 4 rings (SSSR count). The maximum absolute atomic E-state index is 13.8. The fraction of sp³-hybridized carbons (Fsp3) is 0.269. The molecule has 2 aromatic carbocycles. The molecule has 0 radical (unpaired) electrons. The number of thiazole rings is 1. The standard InChI is InChI=1S/C26H26N2O4S/c1-16-10-7-8-13-19(16)21-20(23(30)26(31)28(21)14-9-15-32-3)22(29)24-17(2)27-25(33-24)18-11-5-4-6-12-18/h4-8,10-13,21,30H,9,14-15H2,1-3H3. The second-order valence-corrected chi connectivity index (χ2v) is 8.99. The molecule has 2 heterocycles. The van der Waals surface area contributed by atoms with Crippen LogP contribution in [0.15, 0.2) is 65.9 Å². The van der Waals surface area contributed by atoms with Crippen molar-refractivity contribution in [3.8, 4) is 10.6 Å². The number of hydrogen-bond donors (Lipinski definition) is 1. The number of ketones is 1. The average molecular weight is 463 g/mol. The number of aliphatic hydroxyl groups excluding tert-OH is 1. The molecule has 1 N–H and O–H groups in total. The highest BCUT2D eigenvalue weighted by Crippen LogP contribution is 2.41. The number of carbonyl (C=O) groups excluding carboxylic acids is 2. The molecule has 0 fully saturated rings. The first-order valence-corrected chi connectivity index (χ1v) is 11.6. The summed E-state index contributed by atoms with van der Waals surface area (Å²) < 4.78 is 5.14. The topological polar surface area (TPSA) is 79.7 Å². The molecule has 1 aliphatic rings. The van der Waals surface area contributed by atoms with Gasteiger partial charge in [-0.05, 0) is 31.4 Å². The highest BCUT2D eigenvalue weighted by atomic mass is 32.1. The molecule has 6 nitrogen and oxygen atoms in total. The van der Waals surface area contributed by atoms with Crippen LogP contribution in [0.1, 0.15) is 39.0 Å². The third-order valence-electron chi connectivity index (χ3n) is 5.80. The first-order chi connectivity index (χ1) is 15.9. The minimum atomic E-state index is -0.662. The van der Waals surface area contributed by atoms with Crippen molar-refractivity contribution in [1.82, 2.24) is 9.88 Å². The molecule has 33 heavy (non-hydrogen) atoms. The Morgan fingerprint density at radius 2 is 1.82 bits per heavy atom. The van der Waals surface area contributed by atoms with Crippen LogP contribution in [0.5, 0.6) is 0 Å². The van der Waals surface area contributed by atoms with Crippen molar-refractivity contribution in [2.45, 2.75) is 26.3 Å². The Bertz CT molecular complexity index is 1220. The van der Waals surface area contributed by atoms with E-state index in [0.717, 1.165) is 21.7 Å². The van der Waals surface area contributed by atoms with Crippen LogP contribution < -0.4 is 0 Å². The van der Waals surface area contributed by atoms with E-state index in [-0.39, 0.29) is 11.4 Å². The molecule has 1 amide bonds. The molecule has 1 unspecified atom stereocenters. The first-order valence-electron chi connectivity index (χ1n) is 10.8. The van der Waals surface area contributed by atoms with Crippen molar-refractivity contribution < 1.29 is 19.4 Å². The number of benzene rings is 2. The zero-order valence-electron chi connectivity index (χ0n) is 18.9. The third kappa shape index (κ3) is 4.34. The molecule has 1 atom stereocenters. The van der Waals surface area contributed by atoms with Crippen LogP contribution >= 0.6 is 11.3 Å². The van der Waals surface area contributed by atoms with Gasteiger partial charge in [-0.2, -0.15) is 0 Å². The lowest BCUT2D eigenvalue weighted by Crippen LogP contribution is -2.33. The number of methoxy groups -OCH3 is 1. The number of carbonyl (C=O) groups is 2. The van der Waals surface area contributed by atoms with Crippen molar-refractivity contribution in [2.24, 2.45) is 0 Å². The van der Waals surface area contributed by atoms with Gasteiger partial charge in [0, 0.05) is 25.8 Å². The number of amides is 1. The number of aryl methyl sites for hydroxylation is 2. The maximum Gasteiger partial charge on any atom is 0.290 e. The number of nitrogens with zero attached hydrogens (tertiary/aromatic N) is 2. The van der Waals surface area contributed by atoms with Gasteiger partial charge in [0.25, 0.3) is 5.91 Å². The van der Waals surface area contributed by atoms with E-state index in [9.17, 15) is 14.7 Å². The molecule has 0 saturated heterocycles. The summed E-state index contributed by atoms with van der Waals surface area (Å²) in [5.41, 5.74) is 3.37. The Labute approximate surface area is 197 Å². The Balaban J connectivity index is 1.77. The third-order valence-corrected chi connectivity index (χ3v) is 7.01. The van der Waals surface area contributed by atoms with Gasteiger partial charge < -0.3 is 14.7 Å². The van der Waals surface area contributed by atoms with Crippen molar-refractivity contribution in [2.75, 3.05) is 20.3 Å². The quantitative estimate of drug-likeness (QED) is 0.375. The van der Waals surface area contributed by atoms with Crippen LogP contribution in [0, 0.1) is 13.8 Å². The molecule has 170 valence electrons. The summed E-state index contributed by atoms with van der Waals surface area (Å²) in [5, 5.41) is 11.6. The number of Topliss-reactive ketones (excluding diaryl/α,β-unsaturated/α-hetero) is 1. The molecule has 0 bridgehead atoms. The van der Waals surface area contributed by atoms with Gasteiger partial charge in [-0.1, -0.05) is 54.6 Å². The highest BCUT2D eigenvalue weighted by Gasteiger charge is 2.44. The van der Waals surface area contributed by atoms with E-state index in [2.05, 4.69) is 4.98 Å². The van der Waals surface area contributed by atoms with Crippen LogP contribution in [0.4, 0.5) is 0 Å². The summed E-state index contributed by atoms with van der Waals surface area (Å²) in [7, 11) is 1.60. The Morgan fingerprint density at radius 1 is 1.12 bits per heavy atom. The van der Waals surface area contributed by atoms with E-state index < -0.39 is 17.7 Å². The van der Waals surface area contributed by atoms with Gasteiger partial charge in [0.2, 0.25) is 5.78 Å². The van der Waals surface area contributed by atoms with Gasteiger partial charge in [0.05, 0.1) is 22.2 Å². The fourth-order valence-corrected chi connectivity index (χ4v) is 5.17. The zero-order valence-corrected chi connectivity index (χ0v) is 19.7. The Kier molecular flexibility index (Phi) is 6.72. The number of aromatic nitrogens is 1. The maximum atomic E-state index is 13.8. The number of hydrogen-bond acceptors (Lipinski definition) is 6. The summed E-state index contributed by atoms with van der Waals surface area (Å²) in [6.07, 6.45) is 0.594. The van der Waals surface area contributed by atoms with Crippen molar-refractivity contribution >= 4 is 23.0 Å². The fourth-order valence-electron chi connectivity index (χ4n) is 4.15. The van der Waals surface area contributed by atoms with Crippen LogP contribution in [0.2, 0.25) is 0 Å². The summed E-state index contributed by atoms with van der Waals surface area (Å²) in [5.74, 6) is -1.38.